The van der Waals surface area contributed by atoms with Crippen molar-refractivity contribution >= 4 is 51.7 Å². The molecule has 1 aromatic heterocycles. The zero-order valence-electron chi connectivity index (χ0n) is 13.1. The number of ether oxygens (including phenoxy) is 1. The summed E-state index contributed by atoms with van der Waals surface area (Å²) in [6, 6.07) is 7.22. The quantitative estimate of drug-likeness (QED) is 0.735. The molecule has 6 nitrogen and oxygen atoms in total. The van der Waals surface area contributed by atoms with Gasteiger partial charge in [-0.1, -0.05) is 35.1 Å². The number of carbonyl (C=O) groups is 2. The van der Waals surface area contributed by atoms with E-state index >= 15 is 0 Å². The predicted molar refractivity (Wildman–Crippen MR) is 97.5 cm³/mol. The van der Waals surface area contributed by atoms with Crippen LogP contribution >= 0.6 is 34.7 Å². The molecule has 0 radical (unpaired) electrons. The minimum Gasteiger partial charge on any atom is -0.465 e. The van der Waals surface area contributed by atoms with Crippen LogP contribution in [0.5, 0.6) is 0 Å². The Kier molecular flexibility index (Phi) is 7.01. The number of rotatable bonds is 7. The molecule has 0 aliphatic rings. The molecule has 0 unspecified atom stereocenters. The van der Waals surface area contributed by atoms with Crippen molar-refractivity contribution in [2.24, 2.45) is 0 Å². The van der Waals surface area contributed by atoms with E-state index in [9.17, 15) is 9.59 Å². The summed E-state index contributed by atoms with van der Waals surface area (Å²) >= 11 is 8.34. The minimum absolute atomic E-state index is 0.134. The molecule has 1 heterocycles. The number of thioether (sulfide) groups is 1. The number of halogens is 1. The minimum atomic E-state index is -0.405. The van der Waals surface area contributed by atoms with Crippen molar-refractivity contribution in [3.63, 3.8) is 0 Å². The molecule has 0 spiro atoms. The van der Waals surface area contributed by atoms with Crippen molar-refractivity contribution in [2.45, 2.75) is 19.1 Å². The molecule has 2 rings (SSSR count). The molecule has 0 fully saturated rings. The highest BCUT2D eigenvalue weighted by Crippen LogP contribution is 2.27. The zero-order chi connectivity index (χ0) is 17.5. The Balaban J connectivity index is 1.90. The number of hydrogen-bond donors (Lipinski definition) is 1. The van der Waals surface area contributed by atoms with E-state index < -0.39 is 5.25 Å². The van der Waals surface area contributed by atoms with E-state index in [1.807, 2.05) is 12.1 Å². The van der Waals surface area contributed by atoms with Crippen molar-refractivity contribution in [3.8, 4) is 10.6 Å². The number of aromatic nitrogens is 2. The van der Waals surface area contributed by atoms with Crippen LogP contribution in [0.25, 0.3) is 10.6 Å². The fraction of sp³-hybridized carbons (Fsp3) is 0.333. The third-order valence-electron chi connectivity index (χ3n) is 2.87. The molecule has 0 aliphatic carbocycles. The average molecular weight is 386 g/mol. The monoisotopic (exact) mass is 385 g/mol. The number of esters is 1. The summed E-state index contributed by atoms with van der Waals surface area (Å²) in [7, 11) is 0. The van der Waals surface area contributed by atoms with Crippen molar-refractivity contribution in [1.29, 1.82) is 0 Å². The molecule has 9 heteroatoms. The second-order valence-electron chi connectivity index (χ2n) is 4.67. The van der Waals surface area contributed by atoms with Gasteiger partial charge < -0.3 is 4.74 Å². The van der Waals surface area contributed by atoms with Gasteiger partial charge in [-0.2, -0.15) is 0 Å². The second-order valence-corrected chi connectivity index (χ2v) is 7.41. The summed E-state index contributed by atoms with van der Waals surface area (Å²) in [5, 5.41) is 12.1. The molecule has 1 aromatic carbocycles. The number of benzene rings is 1. The van der Waals surface area contributed by atoms with Crippen LogP contribution in [0, 0.1) is 0 Å². The molecule has 0 aliphatic heterocycles. The van der Waals surface area contributed by atoms with Gasteiger partial charge in [0.25, 0.3) is 0 Å². The molecule has 24 heavy (non-hydrogen) atoms. The number of amides is 1. The molecule has 0 saturated carbocycles. The first-order chi connectivity index (χ1) is 11.5. The maximum Gasteiger partial charge on any atom is 0.315 e. The van der Waals surface area contributed by atoms with Crippen LogP contribution in [0.15, 0.2) is 24.3 Å². The van der Waals surface area contributed by atoms with E-state index in [0.717, 1.165) is 5.56 Å². The first-order valence-electron chi connectivity index (χ1n) is 7.17. The smallest absolute Gasteiger partial charge is 0.315 e. The van der Waals surface area contributed by atoms with Crippen LogP contribution in [0.3, 0.4) is 0 Å². The summed E-state index contributed by atoms with van der Waals surface area (Å²) in [6.07, 6.45) is 0. The number of hydrogen-bond acceptors (Lipinski definition) is 7. The van der Waals surface area contributed by atoms with Crippen LogP contribution in [-0.4, -0.2) is 39.7 Å². The molecular formula is C15H16ClN3O3S2. The van der Waals surface area contributed by atoms with E-state index in [0.29, 0.717) is 21.8 Å². The van der Waals surface area contributed by atoms with E-state index in [1.54, 1.807) is 26.0 Å². The second kappa shape index (κ2) is 9.00. The third-order valence-corrected chi connectivity index (χ3v) is 5.13. The predicted octanol–water partition coefficient (Wildman–Crippen LogP) is 3.48. The van der Waals surface area contributed by atoms with Gasteiger partial charge in [0.05, 0.1) is 17.6 Å². The Bertz CT molecular complexity index is 706. The lowest BCUT2D eigenvalue weighted by Gasteiger charge is -2.09. The maximum atomic E-state index is 12.1. The third kappa shape index (κ3) is 5.47. The summed E-state index contributed by atoms with van der Waals surface area (Å²) in [6.45, 7) is 3.80. The van der Waals surface area contributed by atoms with Crippen LogP contribution in [0.2, 0.25) is 5.02 Å². The Hall–Kier alpha value is -1.64. The first-order valence-corrected chi connectivity index (χ1v) is 9.41. The average Bonchev–Trinajstić information content (AvgIpc) is 3.02. The lowest BCUT2D eigenvalue weighted by molar-refractivity contribution is -0.139. The normalized spacial score (nSPS) is 11.8. The Morgan fingerprint density at radius 1 is 1.33 bits per heavy atom. The lowest BCUT2D eigenvalue weighted by atomic mass is 10.2. The van der Waals surface area contributed by atoms with Crippen LogP contribution < -0.4 is 5.32 Å². The van der Waals surface area contributed by atoms with Gasteiger partial charge in [0.1, 0.15) is 5.01 Å². The molecule has 128 valence electrons. The van der Waals surface area contributed by atoms with Gasteiger partial charge in [-0.05, 0) is 26.0 Å². The van der Waals surface area contributed by atoms with Crippen LogP contribution in [-0.2, 0) is 14.3 Å². The number of carbonyl (C=O) groups excluding carboxylic acids is 2. The molecule has 1 atom stereocenters. The van der Waals surface area contributed by atoms with Gasteiger partial charge in [0, 0.05) is 10.6 Å². The number of nitrogens with zero attached hydrogens (tertiary/aromatic N) is 2. The summed E-state index contributed by atoms with van der Waals surface area (Å²) in [5.41, 5.74) is 0.877. The van der Waals surface area contributed by atoms with E-state index in [2.05, 4.69) is 15.5 Å². The number of anilines is 1. The SMILES string of the molecule is CCOC(=O)CS[C@H](C)C(=O)Nc1nnc(-c2ccc(Cl)cc2)s1. The zero-order valence-corrected chi connectivity index (χ0v) is 15.5. The molecular weight excluding hydrogens is 370 g/mol. The van der Waals surface area contributed by atoms with Crippen LogP contribution in [0.4, 0.5) is 5.13 Å². The Morgan fingerprint density at radius 2 is 2.04 bits per heavy atom. The highest BCUT2D eigenvalue weighted by atomic mass is 35.5. The van der Waals surface area contributed by atoms with Gasteiger partial charge in [0.15, 0.2) is 0 Å². The highest BCUT2D eigenvalue weighted by molar-refractivity contribution is 8.01. The Morgan fingerprint density at radius 3 is 2.71 bits per heavy atom. The fourth-order valence-electron chi connectivity index (χ4n) is 1.66. The summed E-state index contributed by atoms with van der Waals surface area (Å²) in [4.78, 5) is 23.4. The van der Waals surface area contributed by atoms with Crippen molar-refractivity contribution in [1.82, 2.24) is 10.2 Å². The Labute approximate surface area is 153 Å². The fourth-order valence-corrected chi connectivity index (χ4v) is 3.22. The molecule has 0 saturated heterocycles. The van der Waals surface area contributed by atoms with Crippen molar-refractivity contribution < 1.29 is 14.3 Å². The first kappa shape index (κ1) is 18.7. The maximum absolute atomic E-state index is 12.1. The van der Waals surface area contributed by atoms with Gasteiger partial charge >= 0.3 is 5.97 Å². The molecule has 0 bridgehead atoms. The summed E-state index contributed by atoms with van der Waals surface area (Å²) < 4.78 is 4.83. The van der Waals surface area contributed by atoms with Crippen molar-refractivity contribution in [3.05, 3.63) is 29.3 Å². The number of nitrogens with one attached hydrogen (secondary N) is 1. The summed E-state index contributed by atoms with van der Waals surface area (Å²) in [5.74, 6) is -0.430. The standard InChI is InChI=1S/C15H16ClN3O3S2/c1-3-22-12(20)8-23-9(2)13(21)17-15-19-18-14(24-15)10-4-6-11(16)7-5-10/h4-7,9H,3,8H2,1-2H3,(H,17,19,21)/t9-/m1/s1. The van der Waals surface area contributed by atoms with E-state index in [-0.39, 0.29) is 17.6 Å². The van der Waals surface area contributed by atoms with Gasteiger partial charge in [0.2, 0.25) is 11.0 Å². The van der Waals surface area contributed by atoms with E-state index in [4.69, 9.17) is 16.3 Å². The lowest BCUT2D eigenvalue weighted by Crippen LogP contribution is -2.24. The van der Waals surface area contributed by atoms with Gasteiger partial charge in [-0.3, -0.25) is 14.9 Å². The molecule has 1 amide bonds. The topological polar surface area (TPSA) is 81.2 Å². The largest absolute Gasteiger partial charge is 0.465 e. The molecule has 2 aromatic rings. The van der Waals surface area contributed by atoms with E-state index in [1.165, 1.54) is 23.1 Å². The van der Waals surface area contributed by atoms with Gasteiger partial charge in [-0.15, -0.1) is 22.0 Å². The molecule has 1 N–H and O–H groups in total. The van der Waals surface area contributed by atoms with Crippen molar-refractivity contribution in [2.75, 3.05) is 17.7 Å². The van der Waals surface area contributed by atoms with Crippen LogP contribution in [0.1, 0.15) is 13.8 Å². The highest BCUT2D eigenvalue weighted by Gasteiger charge is 2.17. The van der Waals surface area contributed by atoms with Gasteiger partial charge in [-0.25, -0.2) is 0 Å².